The minimum Gasteiger partial charge on any atom is -0.340 e. The van der Waals surface area contributed by atoms with E-state index >= 15 is 0 Å². The fraction of sp³-hybridized carbons (Fsp3) is 0.125. The molecule has 1 N–H and O–H groups in total. The van der Waals surface area contributed by atoms with Crippen molar-refractivity contribution in [3.05, 3.63) is 57.8 Å². The zero-order valence-electron chi connectivity index (χ0n) is 12.9. The lowest BCUT2D eigenvalue weighted by Crippen LogP contribution is -2.13. The number of halogens is 8. The van der Waals surface area contributed by atoms with Crippen molar-refractivity contribution < 1.29 is 26.3 Å². The molecule has 142 valence electrons. The quantitative estimate of drug-likeness (QED) is 0.463. The van der Waals surface area contributed by atoms with E-state index in [9.17, 15) is 26.3 Å². The Morgan fingerprint density at radius 2 is 1.48 bits per heavy atom. The minimum atomic E-state index is -4.95. The zero-order valence-corrected chi connectivity index (χ0v) is 14.4. The molecule has 0 amide bonds. The van der Waals surface area contributed by atoms with Crippen LogP contribution in [0.1, 0.15) is 11.4 Å². The Kier molecular flexibility index (Phi) is 4.85. The van der Waals surface area contributed by atoms with Gasteiger partial charge in [0.2, 0.25) is 5.82 Å². The van der Waals surface area contributed by atoms with E-state index < -0.39 is 29.3 Å². The second-order valence-corrected chi connectivity index (χ2v) is 6.19. The Labute approximate surface area is 157 Å². The third-order valence-corrected chi connectivity index (χ3v) is 4.20. The molecule has 0 saturated heterocycles. The number of anilines is 2. The predicted molar refractivity (Wildman–Crippen MR) is 89.3 cm³/mol. The summed E-state index contributed by atoms with van der Waals surface area (Å²) < 4.78 is 77.8. The Morgan fingerprint density at radius 3 is 2.07 bits per heavy atom. The number of nitrogens with one attached hydrogen (secondary N) is 1. The average molecular weight is 426 g/mol. The van der Waals surface area contributed by atoms with Crippen LogP contribution in [0.25, 0.3) is 10.9 Å². The van der Waals surface area contributed by atoms with Gasteiger partial charge >= 0.3 is 12.4 Å². The van der Waals surface area contributed by atoms with E-state index in [-0.39, 0.29) is 26.9 Å². The monoisotopic (exact) mass is 425 g/mol. The topological polar surface area (TPSA) is 37.8 Å². The van der Waals surface area contributed by atoms with Gasteiger partial charge in [-0.3, -0.25) is 0 Å². The van der Waals surface area contributed by atoms with Crippen LogP contribution in [0.4, 0.5) is 37.8 Å². The molecular formula is C16H7Cl2F6N3. The SMILES string of the molecule is FC(F)(F)c1ccc2c(Nc3ccc(Cl)c(Cl)c3)nc(C(F)(F)F)nc2c1. The first-order chi connectivity index (χ1) is 12.4. The summed E-state index contributed by atoms with van der Waals surface area (Å²) in [4.78, 5) is 6.64. The van der Waals surface area contributed by atoms with Gasteiger partial charge in [0.05, 0.1) is 21.1 Å². The summed E-state index contributed by atoms with van der Waals surface area (Å²) in [5.74, 6) is -1.89. The lowest BCUT2D eigenvalue weighted by Gasteiger charge is -2.14. The molecule has 1 heterocycles. The molecule has 3 aromatic rings. The van der Waals surface area contributed by atoms with Crippen LogP contribution in [0.5, 0.6) is 0 Å². The van der Waals surface area contributed by atoms with E-state index in [0.29, 0.717) is 6.07 Å². The first kappa shape index (κ1) is 19.5. The molecule has 3 rings (SSSR count). The molecule has 0 fully saturated rings. The molecule has 0 radical (unpaired) electrons. The Balaban J connectivity index is 2.18. The molecule has 0 bridgehead atoms. The molecule has 2 aromatic carbocycles. The van der Waals surface area contributed by atoms with Gasteiger partial charge in [0.25, 0.3) is 0 Å². The van der Waals surface area contributed by atoms with Crippen molar-refractivity contribution in [1.29, 1.82) is 0 Å². The molecule has 1 aromatic heterocycles. The summed E-state index contributed by atoms with van der Waals surface area (Å²) in [6.45, 7) is 0. The van der Waals surface area contributed by atoms with Crippen LogP contribution in [0.2, 0.25) is 10.0 Å². The van der Waals surface area contributed by atoms with Gasteiger partial charge in [-0.05, 0) is 36.4 Å². The number of hydrogen-bond donors (Lipinski definition) is 1. The first-order valence-corrected chi connectivity index (χ1v) is 7.89. The number of aromatic nitrogens is 2. The van der Waals surface area contributed by atoms with Crippen LogP contribution in [0.15, 0.2) is 36.4 Å². The molecule has 0 aliphatic rings. The number of fused-ring (bicyclic) bond motifs is 1. The largest absolute Gasteiger partial charge is 0.451 e. The Bertz CT molecular complexity index is 1010. The highest BCUT2D eigenvalue weighted by Gasteiger charge is 2.36. The summed E-state index contributed by atoms with van der Waals surface area (Å²) in [6, 6.07) is 6.44. The Morgan fingerprint density at radius 1 is 0.778 bits per heavy atom. The van der Waals surface area contributed by atoms with Crippen LogP contribution in [-0.2, 0) is 12.4 Å². The predicted octanol–water partition coefficient (Wildman–Crippen LogP) is 6.72. The van der Waals surface area contributed by atoms with Gasteiger partial charge in [-0.15, -0.1) is 0 Å². The van der Waals surface area contributed by atoms with Crippen molar-refractivity contribution in [1.82, 2.24) is 9.97 Å². The maximum atomic E-state index is 13.1. The van der Waals surface area contributed by atoms with Crippen molar-refractivity contribution in [3.63, 3.8) is 0 Å². The molecule has 0 atom stereocenters. The molecule has 11 heteroatoms. The van der Waals surface area contributed by atoms with Crippen molar-refractivity contribution in [2.24, 2.45) is 0 Å². The summed E-state index contributed by atoms with van der Waals surface area (Å²) in [7, 11) is 0. The van der Waals surface area contributed by atoms with Gasteiger partial charge < -0.3 is 5.32 Å². The van der Waals surface area contributed by atoms with E-state index in [0.717, 1.165) is 12.1 Å². The molecule has 0 unspecified atom stereocenters. The van der Waals surface area contributed by atoms with Gasteiger partial charge in [-0.2, -0.15) is 26.3 Å². The summed E-state index contributed by atoms with van der Waals surface area (Å²) >= 11 is 11.6. The van der Waals surface area contributed by atoms with Crippen molar-refractivity contribution in [2.75, 3.05) is 5.32 Å². The fourth-order valence-corrected chi connectivity index (χ4v) is 2.54. The van der Waals surface area contributed by atoms with Gasteiger partial charge in [0, 0.05) is 11.1 Å². The first-order valence-electron chi connectivity index (χ1n) is 7.13. The number of benzene rings is 2. The van der Waals surface area contributed by atoms with Gasteiger partial charge in [-0.25, -0.2) is 9.97 Å². The van der Waals surface area contributed by atoms with Gasteiger partial charge in [-0.1, -0.05) is 23.2 Å². The highest BCUT2D eigenvalue weighted by molar-refractivity contribution is 6.42. The molecule has 3 nitrogen and oxygen atoms in total. The van der Waals surface area contributed by atoms with Crippen LogP contribution in [0.3, 0.4) is 0 Å². The van der Waals surface area contributed by atoms with Gasteiger partial charge in [0.15, 0.2) is 0 Å². The lowest BCUT2D eigenvalue weighted by atomic mass is 10.1. The van der Waals surface area contributed by atoms with Crippen LogP contribution < -0.4 is 5.32 Å². The standard InChI is InChI=1S/C16H7Cl2F6N3/c17-10-4-2-8(6-11(10)18)25-13-9-3-1-7(15(19,20)21)5-12(9)26-14(27-13)16(22,23)24/h1-6H,(H,25,26,27). The number of rotatable bonds is 2. The molecule has 27 heavy (non-hydrogen) atoms. The molecular weight excluding hydrogens is 419 g/mol. The lowest BCUT2D eigenvalue weighted by molar-refractivity contribution is -0.144. The van der Waals surface area contributed by atoms with Gasteiger partial charge in [0.1, 0.15) is 5.82 Å². The smallest absolute Gasteiger partial charge is 0.340 e. The molecule has 0 saturated carbocycles. The van der Waals surface area contributed by atoms with E-state index in [1.165, 1.54) is 18.2 Å². The number of hydrogen-bond acceptors (Lipinski definition) is 3. The maximum absolute atomic E-state index is 13.1. The zero-order chi connectivity index (χ0) is 20.0. The van der Waals surface area contributed by atoms with Crippen LogP contribution in [-0.4, -0.2) is 9.97 Å². The summed E-state index contributed by atoms with van der Waals surface area (Å²) in [5.41, 5.74) is -1.38. The van der Waals surface area contributed by atoms with Crippen LogP contribution >= 0.6 is 23.2 Å². The van der Waals surface area contributed by atoms with E-state index in [1.54, 1.807) is 0 Å². The summed E-state index contributed by atoms with van der Waals surface area (Å²) in [6.07, 6.45) is -9.68. The van der Waals surface area contributed by atoms with E-state index in [2.05, 4.69) is 15.3 Å². The third-order valence-electron chi connectivity index (χ3n) is 3.46. The minimum absolute atomic E-state index is 0.0259. The number of alkyl halides is 6. The highest BCUT2D eigenvalue weighted by atomic mass is 35.5. The Hall–Kier alpha value is -2.26. The van der Waals surface area contributed by atoms with Crippen molar-refractivity contribution >= 4 is 45.6 Å². The molecule has 0 aliphatic carbocycles. The number of nitrogens with zero attached hydrogens (tertiary/aromatic N) is 2. The van der Waals surface area contributed by atoms with Crippen LogP contribution in [0, 0.1) is 0 Å². The average Bonchev–Trinajstić information content (AvgIpc) is 2.56. The molecule has 0 spiro atoms. The van der Waals surface area contributed by atoms with E-state index in [1.807, 2.05) is 0 Å². The van der Waals surface area contributed by atoms with Crippen molar-refractivity contribution in [2.45, 2.75) is 12.4 Å². The fourth-order valence-electron chi connectivity index (χ4n) is 2.24. The maximum Gasteiger partial charge on any atom is 0.451 e. The third kappa shape index (κ3) is 4.19. The normalized spacial score (nSPS) is 12.4. The second-order valence-electron chi connectivity index (χ2n) is 5.38. The van der Waals surface area contributed by atoms with E-state index in [4.69, 9.17) is 23.2 Å². The summed E-state index contributed by atoms with van der Waals surface area (Å²) in [5, 5.41) is 2.94. The van der Waals surface area contributed by atoms with Crippen molar-refractivity contribution in [3.8, 4) is 0 Å². The molecule has 0 aliphatic heterocycles. The second kappa shape index (κ2) is 6.72. The highest BCUT2D eigenvalue weighted by Crippen LogP contribution is 2.36.